The Hall–Kier alpha value is -1.93. The molecule has 1 saturated heterocycles. The van der Waals surface area contributed by atoms with Crippen molar-refractivity contribution in [3.63, 3.8) is 0 Å². The predicted molar refractivity (Wildman–Crippen MR) is 124 cm³/mol. The van der Waals surface area contributed by atoms with Gasteiger partial charge in [0.2, 0.25) is 5.91 Å². The zero-order valence-corrected chi connectivity index (χ0v) is 19.4. The normalized spacial score (nSPS) is 17.2. The van der Waals surface area contributed by atoms with Gasteiger partial charge in [-0.05, 0) is 48.9 Å². The molecule has 6 nitrogen and oxygen atoms in total. The Morgan fingerprint density at radius 1 is 1.13 bits per heavy atom. The summed E-state index contributed by atoms with van der Waals surface area (Å²) in [7, 11) is 1.39. The Kier molecular flexibility index (Phi) is 7.27. The number of carbonyl (C=O) groups is 2. The van der Waals surface area contributed by atoms with Crippen LogP contribution in [0.5, 0.6) is 0 Å². The lowest BCUT2D eigenvalue weighted by Gasteiger charge is -2.34. The summed E-state index contributed by atoms with van der Waals surface area (Å²) in [4.78, 5) is 30.8. The van der Waals surface area contributed by atoms with Crippen LogP contribution in [0, 0.1) is 0 Å². The molecule has 0 radical (unpaired) electrons. The third-order valence-corrected chi connectivity index (χ3v) is 7.38. The lowest BCUT2D eigenvalue weighted by Crippen LogP contribution is -2.48. The van der Waals surface area contributed by atoms with Crippen LogP contribution in [0.25, 0.3) is 0 Å². The Labute approximate surface area is 192 Å². The number of piperazine rings is 1. The number of ether oxygens (including phenoxy) is 1. The number of nitrogens with one attached hydrogen (secondary N) is 1. The van der Waals surface area contributed by atoms with E-state index in [4.69, 9.17) is 16.3 Å². The van der Waals surface area contributed by atoms with E-state index in [1.165, 1.54) is 28.9 Å². The summed E-state index contributed by atoms with van der Waals surface area (Å²) in [5, 5.41) is 4.40. The molecular formula is C23H28ClN3O3S. The number of halogens is 1. The molecule has 2 heterocycles. The quantitative estimate of drug-likeness (QED) is 0.662. The van der Waals surface area contributed by atoms with Crippen LogP contribution < -0.4 is 5.32 Å². The van der Waals surface area contributed by atoms with Gasteiger partial charge >= 0.3 is 5.97 Å². The number of nitrogens with zero attached hydrogens (tertiary/aromatic N) is 2. The molecule has 2 aromatic rings. The van der Waals surface area contributed by atoms with E-state index < -0.39 is 0 Å². The van der Waals surface area contributed by atoms with Gasteiger partial charge in [-0.2, -0.15) is 0 Å². The molecule has 1 amide bonds. The fraction of sp³-hybridized carbons (Fsp3) is 0.478. The lowest BCUT2D eigenvalue weighted by molar-refractivity contribution is -0.117. The van der Waals surface area contributed by atoms with Crippen LogP contribution >= 0.6 is 22.9 Å². The first-order valence-electron chi connectivity index (χ1n) is 10.8. The smallest absolute Gasteiger partial charge is 0.341 e. The van der Waals surface area contributed by atoms with Crippen LogP contribution in [0.2, 0.25) is 5.02 Å². The maximum Gasteiger partial charge on any atom is 0.341 e. The molecule has 1 aliphatic heterocycles. The number of esters is 1. The van der Waals surface area contributed by atoms with E-state index >= 15 is 0 Å². The van der Waals surface area contributed by atoms with E-state index in [0.717, 1.165) is 69.0 Å². The molecule has 1 fully saturated rings. The van der Waals surface area contributed by atoms with Crippen molar-refractivity contribution >= 4 is 39.8 Å². The summed E-state index contributed by atoms with van der Waals surface area (Å²) in [5.74, 6) is -0.434. The van der Waals surface area contributed by atoms with Crippen molar-refractivity contribution in [2.75, 3.05) is 45.2 Å². The van der Waals surface area contributed by atoms with Crippen molar-refractivity contribution in [2.24, 2.45) is 0 Å². The van der Waals surface area contributed by atoms with Crippen LogP contribution in [0.1, 0.15) is 39.2 Å². The van der Waals surface area contributed by atoms with Gasteiger partial charge in [-0.3, -0.25) is 14.6 Å². The maximum atomic E-state index is 12.7. The van der Waals surface area contributed by atoms with Gasteiger partial charge in [0.1, 0.15) is 5.00 Å². The molecule has 1 N–H and O–H groups in total. The molecule has 0 atom stereocenters. The molecule has 1 aromatic carbocycles. The van der Waals surface area contributed by atoms with Gasteiger partial charge in [-0.25, -0.2) is 4.79 Å². The lowest BCUT2D eigenvalue weighted by atomic mass is 9.95. The fourth-order valence-electron chi connectivity index (χ4n) is 4.34. The van der Waals surface area contributed by atoms with Gasteiger partial charge in [-0.15, -0.1) is 11.3 Å². The molecule has 0 bridgehead atoms. The highest BCUT2D eigenvalue weighted by Gasteiger charge is 2.27. The number of amides is 1. The largest absolute Gasteiger partial charge is 0.465 e. The van der Waals surface area contributed by atoms with E-state index in [1.54, 1.807) is 0 Å². The number of rotatable bonds is 6. The molecule has 4 rings (SSSR count). The number of anilines is 1. The van der Waals surface area contributed by atoms with Crippen molar-refractivity contribution < 1.29 is 14.3 Å². The third kappa shape index (κ3) is 5.47. The van der Waals surface area contributed by atoms with E-state index in [9.17, 15) is 9.59 Å². The highest BCUT2D eigenvalue weighted by atomic mass is 35.5. The zero-order chi connectivity index (χ0) is 21.8. The highest BCUT2D eigenvalue weighted by Crippen LogP contribution is 2.38. The number of thiophene rings is 1. The molecule has 1 aliphatic carbocycles. The summed E-state index contributed by atoms with van der Waals surface area (Å²) in [6.07, 6.45) is 4.04. The van der Waals surface area contributed by atoms with Crippen molar-refractivity contribution in [3.05, 3.63) is 50.9 Å². The van der Waals surface area contributed by atoms with E-state index in [-0.39, 0.29) is 11.9 Å². The standard InChI is InChI=1S/C23H28ClN3O3S/c1-30-23(29)21-18-7-2-3-8-19(18)31-22(21)25-20(28)15-27-11-9-26(10-12-27)14-16-5-4-6-17(24)13-16/h4-6,13H,2-3,7-12,14-15H2,1H3,(H,25,28). The monoisotopic (exact) mass is 461 g/mol. The fourth-order valence-corrected chi connectivity index (χ4v) is 5.85. The van der Waals surface area contributed by atoms with Crippen LogP contribution in [-0.2, 0) is 28.9 Å². The molecule has 0 spiro atoms. The summed E-state index contributed by atoms with van der Waals surface area (Å²) >= 11 is 7.61. The first-order valence-corrected chi connectivity index (χ1v) is 11.9. The predicted octanol–water partition coefficient (Wildman–Crippen LogP) is 3.82. The second kappa shape index (κ2) is 10.1. The molecule has 8 heteroatoms. The zero-order valence-electron chi connectivity index (χ0n) is 17.8. The van der Waals surface area contributed by atoms with Gasteiger partial charge in [0.25, 0.3) is 0 Å². The van der Waals surface area contributed by atoms with E-state index in [1.807, 2.05) is 18.2 Å². The number of benzene rings is 1. The molecular weight excluding hydrogens is 434 g/mol. The van der Waals surface area contributed by atoms with Crippen LogP contribution in [0.4, 0.5) is 5.00 Å². The molecule has 2 aliphatic rings. The first kappa shape index (κ1) is 22.3. The highest BCUT2D eigenvalue weighted by molar-refractivity contribution is 7.17. The minimum absolute atomic E-state index is 0.0768. The molecule has 0 unspecified atom stereocenters. The van der Waals surface area contributed by atoms with Gasteiger partial charge in [0, 0.05) is 42.6 Å². The Balaban J connectivity index is 1.32. The summed E-state index contributed by atoms with van der Waals surface area (Å²) in [5.41, 5.74) is 2.82. The maximum absolute atomic E-state index is 12.7. The van der Waals surface area contributed by atoms with Crippen molar-refractivity contribution in [3.8, 4) is 0 Å². The summed E-state index contributed by atoms with van der Waals surface area (Å²) < 4.78 is 4.99. The van der Waals surface area contributed by atoms with Crippen LogP contribution in [0.15, 0.2) is 24.3 Å². The average molecular weight is 462 g/mol. The average Bonchev–Trinajstić information content (AvgIpc) is 3.12. The third-order valence-electron chi connectivity index (χ3n) is 5.94. The number of carbonyl (C=O) groups excluding carboxylic acids is 2. The second-order valence-corrected chi connectivity index (χ2v) is 9.68. The van der Waals surface area contributed by atoms with Crippen molar-refractivity contribution in [1.29, 1.82) is 0 Å². The molecule has 0 saturated carbocycles. The van der Waals surface area contributed by atoms with Gasteiger partial charge in [0.15, 0.2) is 0 Å². The number of aryl methyl sites for hydroxylation is 1. The van der Waals surface area contributed by atoms with Crippen molar-refractivity contribution in [1.82, 2.24) is 9.80 Å². The first-order chi connectivity index (χ1) is 15.0. The number of methoxy groups -OCH3 is 1. The van der Waals surface area contributed by atoms with Crippen molar-refractivity contribution in [2.45, 2.75) is 32.2 Å². The Morgan fingerprint density at radius 3 is 2.61 bits per heavy atom. The van der Waals surface area contributed by atoms with E-state index in [2.05, 4.69) is 21.2 Å². The molecule has 1 aromatic heterocycles. The van der Waals surface area contributed by atoms with E-state index in [0.29, 0.717) is 17.1 Å². The SMILES string of the molecule is COC(=O)c1c(NC(=O)CN2CCN(Cc3cccc(Cl)c3)CC2)sc2c1CCCC2. The topological polar surface area (TPSA) is 61.9 Å². The molecule has 31 heavy (non-hydrogen) atoms. The summed E-state index contributed by atoms with van der Waals surface area (Å²) in [6, 6.07) is 7.95. The number of hydrogen-bond acceptors (Lipinski definition) is 6. The number of fused-ring (bicyclic) bond motifs is 1. The van der Waals surface area contributed by atoms with Gasteiger partial charge < -0.3 is 10.1 Å². The Bertz CT molecular complexity index is 954. The summed E-state index contributed by atoms with van der Waals surface area (Å²) in [6.45, 7) is 4.66. The molecule has 166 valence electrons. The van der Waals surface area contributed by atoms with Crippen LogP contribution in [0.3, 0.4) is 0 Å². The minimum Gasteiger partial charge on any atom is -0.465 e. The van der Waals surface area contributed by atoms with Gasteiger partial charge in [-0.1, -0.05) is 23.7 Å². The minimum atomic E-state index is -0.357. The van der Waals surface area contributed by atoms with Crippen LogP contribution in [-0.4, -0.2) is 61.5 Å². The van der Waals surface area contributed by atoms with Gasteiger partial charge in [0.05, 0.1) is 19.2 Å². The number of hydrogen-bond donors (Lipinski definition) is 1. The Morgan fingerprint density at radius 2 is 1.87 bits per heavy atom. The second-order valence-electron chi connectivity index (χ2n) is 8.14.